The molecule has 1 unspecified atom stereocenters. The molecule has 0 fully saturated rings. The lowest BCUT2D eigenvalue weighted by Crippen LogP contribution is -2.19. The van der Waals surface area contributed by atoms with E-state index in [4.69, 9.17) is 45.3 Å². The number of ether oxygens (including phenoxy) is 1. The molecule has 1 atom stereocenters. The van der Waals surface area contributed by atoms with Crippen LogP contribution in [0, 0.1) is 0 Å². The number of hydrogen-bond acceptors (Lipinski definition) is 2. The van der Waals surface area contributed by atoms with Crippen LogP contribution in [-0.4, -0.2) is 6.54 Å². The first kappa shape index (κ1) is 15.9. The third-order valence-corrected chi connectivity index (χ3v) is 4.45. The average Bonchev–Trinajstić information content (AvgIpc) is 2.42. The molecule has 0 radical (unpaired) electrons. The zero-order valence-electron chi connectivity index (χ0n) is 10.2. The van der Waals surface area contributed by atoms with Crippen LogP contribution < -0.4 is 10.5 Å². The lowest BCUT2D eigenvalue weighted by atomic mass is 10.1. The molecule has 0 aromatic heterocycles. The van der Waals surface area contributed by atoms with E-state index in [0.29, 0.717) is 27.4 Å². The first-order valence-corrected chi connectivity index (χ1v) is 7.71. The molecule has 2 N–H and O–H groups in total. The molecular weight excluding hydrogens is 384 g/mol. The largest absolute Gasteiger partial charge is 0.483 e. The van der Waals surface area contributed by atoms with Gasteiger partial charge in [0.25, 0.3) is 0 Å². The fraction of sp³-hybridized carbons (Fsp3) is 0.143. The number of hydrogen-bond donors (Lipinski definition) is 1. The second kappa shape index (κ2) is 7.01. The highest BCUT2D eigenvalue weighted by molar-refractivity contribution is 9.10. The van der Waals surface area contributed by atoms with Gasteiger partial charge >= 0.3 is 0 Å². The van der Waals surface area contributed by atoms with Gasteiger partial charge in [-0.25, -0.2) is 0 Å². The Morgan fingerprint density at radius 3 is 2.35 bits per heavy atom. The molecule has 2 rings (SSSR count). The van der Waals surface area contributed by atoms with E-state index in [1.165, 1.54) is 0 Å². The summed E-state index contributed by atoms with van der Waals surface area (Å²) < 4.78 is 6.79. The van der Waals surface area contributed by atoms with Gasteiger partial charge in [0.15, 0.2) is 0 Å². The summed E-state index contributed by atoms with van der Waals surface area (Å²) in [6, 6.07) is 10.8. The summed E-state index contributed by atoms with van der Waals surface area (Å²) in [5.74, 6) is 0.451. The Bertz CT molecular complexity index is 621. The summed E-state index contributed by atoms with van der Waals surface area (Å²) in [6.07, 6.45) is -0.333. The van der Waals surface area contributed by atoms with Crippen molar-refractivity contribution < 1.29 is 4.74 Å². The van der Waals surface area contributed by atoms with Crippen LogP contribution >= 0.6 is 50.7 Å². The third kappa shape index (κ3) is 3.60. The van der Waals surface area contributed by atoms with Crippen molar-refractivity contribution in [3.63, 3.8) is 0 Å². The second-order valence-corrected chi connectivity index (χ2v) is 6.14. The summed E-state index contributed by atoms with van der Waals surface area (Å²) in [4.78, 5) is 0. The third-order valence-electron chi connectivity index (χ3n) is 2.71. The molecular formula is C14H11BrCl3NO. The lowest BCUT2D eigenvalue weighted by Gasteiger charge is -2.20. The van der Waals surface area contributed by atoms with E-state index in [1.807, 2.05) is 24.3 Å². The van der Waals surface area contributed by atoms with E-state index in [-0.39, 0.29) is 6.10 Å². The van der Waals surface area contributed by atoms with Crippen molar-refractivity contribution in [1.29, 1.82) is 0 Å². The highest BCUT2D eigenvalue weighted by Gasteiger charge is 2.17. The van der Waals surface area contributed by atoms with E-state index < -0.39 is 0 Å². The van der Waals surface area contributed by atoms with Gasteiger partial charge in [0.1, 0.15) is 11.9 Å². The lowest BCUT2D eigenvalue weighted by molar-refractivity contribution is 0.213. The molecule has 6 heteroatoms. The van der Waals surface area contributed by atoms with Crippen LogP contribution in [0.25, 0.3) is 0 Å². The van der Waals surface area contributed by atoms with E-state index in [1.54, 1.807) is 12.1 Å². The van der Waals surface area contributed by atoms with Gasteiger partial charge in [-0.1, -0.05) is 68.9 Å². The van der Waals surface area contributed by atoms with E-state index >= 15 is 0 Å². The van der Waals surface area contributed by atoms with Gasteiger partial charge in [0, 0.05) is 22.6 Å². The van der Waals surface area contributed by atoms with Crippen LogP contribution in [0.15, 0.2) is 40.9 Å². The molecule has 0 aliphatic carbocycles. The summed E-state index contributed by atoms with van der Waals surface area (Å²) in [5, 5.41) is 1.16. The number of benzene rings is 2. The maximum Gasteiger partial charge on any atom is 0.140 e. The zero-order chi connectivity index (χ0) is 14.7. The SMILES string of the molecule is NCC(Oc1cc(Cl)c(Cl)cc1Cl)c1ccccc1Br. The van der Waals surface area contributed by atoms with Gasteiger partial charge < -0.3 is 10.5 Å². The topological polar surface area (TPSA) is 35.2 Å². The molecule has 106 valence electrons. The number of rotatable bonds is 4. The van der Waals surface area contributed by atoms with Crippen LogP contribution in [-0.2, 0) is 0 Å². The summed E-state index contributed by atoms with van der Waals surface area (Å²) in [7, 11) is 0. The van der Waals surface area contributed by atoms with Crippen LogP contribution in [0.2, 0.25) is 15.1 Å². The number of nitrogens with two attached hydrogens (primary N) is 1. The summed E-state index contributed by atoms with van der Waals surface area (Å²) in [5.41, 5.74) is 6.73. The maximum absolute atomic E-state index is 6.11. The van der Waals surface area contributed by atoms with Crippen LogP contribution in [0.5, 0.6) is 5.75 Å². The van der Waals surface area contributed by atoms with Gasteiger partial charge in [-0.2, -0.15) is 0 Å². The molecule has 2 aromatic carbocycles. The molecule has 0 aliphatic rings. The Morgan fingerprint density at radius 2 is 1.70 bits per heavy atom. The Kier molecular flexibility index (Phi) is 5.58. The van der Waals surface area contributed by atoms with Gasteiger partial charge in [0.05, 0.1) is 15.1 Å². The average molecular weight is 396 g/mol. The fourth-order valence-electron chi connectivity index (χ4n) is 1.72. The first-order valence-electron chi connectivity index (χ1n) is 5.78. The molecule has 2 aromatic rings. The van der Waals surface area contributed by atoms with Crippen molar-refractivity contribution in [2.45, 2.75) is 6.10 Å². The highest BCUT2D eigenvalue weighted by Crippen LogP contribution is 2.36. The monoisotopic (exact) mass is 393 g/mol. The normalized spacial score (nSPS) is 12.2. The van der Waals surface area contributed by atoms with Crippen molar-refractivity contribution in [1.82, 2.24) is 0 Å². The smallest absolute Gasteiger partial charge is 0.140 e. The van der Waals surface area contributed by atoms with Crippen molar-refractivity contribution in [3.8, 4) is 5.75 Å². The Hall–Kier alpha value is -0.450. The molecule has 0 saturated carbocycles. The first-order chi connectivity index (χ1) is 9.52. The second-order valence-electron chi connectivity index (χ2n) is 4.06. The van der Waals surface area contributed by atoms with Gasteiger partial charge in [-0.15, -0.1) is 0 Å². The van der Waals surface area contributed by atoms with E-state index in [2.05, 4.69) is 15.9 Å². The molecule has 2 nitrogen and oxygen atoms in total. The highest BCUT2D eigenvalue weighted by atomic mass is 79.9. The molecule has 0 amide bonds. The Labute approximate surface area is 140 Å². The van der Waals surface area contributed by atoms with Crippen molar-refractivity contribution >= 4 is 50.7 Å². The predicted octanol–water partition coefficient (Wildman–Crippen LogP) is 5.49. The van der Waals surface area contributed by atoms with Crippen molar-refractivity contribution in [2.75, 3.05) is 6.54 Å². The Balaban J connectivity index is 2.32. The Morgan fingerprint density at radius 1 is 1.05 bits per heavy atom. The van der Waals surface area contributed by atoms with Crippen LogP contribution in [0.4, 0.5) is 0 Å². The summed E-state index contributed by atoms with van der Waals surface area (Å²) in [6.45, 7) is 0.305. The molecule has 0 aliphatic heterocycles. The van der Waals surface area contributed by atoms with E-state index in [9.17, 15) is 0 Å². The van der Waals surface area contributed by atoms with Crippen LogP contribution in [0.3, 0.4) is 0 Å². The van der Waals surface area contributed by atoms with Crippen molar-refractivity contribution in [2.24, 2.45) is 5.73 Å². The molecule has 0 heterocycles. The van der Waals surface area contributed by atoms with Crippen molar-refractivity contribution in [3.05, 3.63) is 61.5 Å². The van der Waals surface area contributed by atoms with Crippen LogP contribution in [0.1, 0.15) is 11.7 Å². The minimum Gasteiger partial charge on any atom is -0.483 e. The summed E-state index contributed by atoms with van der Waals surface area (Å²) >= 11 is 21.5. The van der Waals surface area contributed by atoms with E-state index in [0.717, 1.165) is 10.0 Å². The minimum absolute atomic E-state index is 0.305. The van der Waals surface area contributed by atoms with Gasteiger partial charge in [-0.05, 0) is 12.1 Å². The standard InChI is InChI=1S/C14H11BrCl3NO/c15-9-4-2-1-3-8(9)14(7-19)20-13-6-11(17)10(16)5-12(13)18/h1-6,14H,7,19H2. The quantitative estimate of drug-likeness (QED) is 0.695. The molecule has 0 bridgehead atoms. The molecule has 20 heavy (non-hydrogen) atoms. The number of halogens is 4. The fourth-order valence-corrected chi connectivity index (χ4v) is 2.84. The predicted molar refractivity (Wildman–Crippen MR) is 88.0 cm³/mol. The maximum atomic E-state index is 6.11. The van der Waals surface area contributed by atoms with Gasteiger partial charge in [0.2, 0.25) is 0 Å². The minimum atomic E-state index is -0.333. The van der Waals surface area contributed by atoms with Gasteiger partial charge in [-0.3, -0.25) is 0 Å². The molecule has 0 spiro atoms. The zero-order valence-corrected chi connectivity index (χ0v) is 14.1. The molecule has 0 saturated heterocycles.